The first-order chi connectivity index (χ1) is 15.3. The number of nitrogens with zero attached hydrogens (tertiary/aromatic N) is 1. The molecule has 1 aliphatic heterocycles. The van der Waals surface area contributed by atoms with Crippen LogP contribution in [0.4, 0.5) is 18.9 Å². The van der Waals surface area contributed by atoms with Crippen molar-refractivity contribution in [3.05, 3.63) is 64.9 Å². The van der Waals surface area contributed by atoms with Gasteiger partial charge in [-0.1, -0.05) is 18.2 Å². The smallest absolute Gasteiger partial charge is 0.418 e. The third kappa shape index (κ3) is 3.74. The summed E-state index contributed by atoms with van der Waals surface area (Å²) in [5.74, 6) is -0.233. The summed E-state index contributed by atoms with van der Waals surface area (Å²) in [6.07, 6.45) is -3.67. The average Bonchev–Trinajstić information content (AvgIpc) is 2.77. The van der Waals surface area contributed by atoms with Gasteiger partial charge in [-0.3, -0.25) is 14.5 Å². The number of benzene rings is 2. The molecular weight excluding hydrogens is 423 g/mol. The molecule has 0 bridgehead atoms. The van der Waals surface area contributed by atoms with Crippen LogP contribution in [0, 0.1) is 0 Å². The van der Waals surface area contributed by atoms with E-state index in [4.69, 9.17) is 9.47 Å². The molecule has 0 aromatic heterocycles. The number of anilines is 1. The number of halogens is 3. The van der Waals surface area contributed by atoms with Crippen LogP contribution in [0.1, 0.15) is 42.7 Å². The Balaban J connectivity index is 1.90. The largest absolute Gasteiger partial charge is 0.497 e. The lowest BCUT2D eigenvalue weighted by Gasteiger charge is -2.39. The molecule has 0 saturated heterocycles. The summed E-state index contributed by atoms with van der Waals surface area (Å²) in [6.45, 7) is 0. The number of amides is 1. The molecule has 0 unspecified atom stereocenters. The predicted octanol–water partition coefficient (Wildman–Crippen LogP) is 5.25. The number of carbonyl (C=O) groups excluding carboxylic acids is 2. The first kappa shape index (κ1) is 21.9. The summed E-state index contributed by atoms with van der Waals surface area (Å²) in [5.41, 5.74) is 0.215. The topological polar surface area (TPSA) is 55.8 Å². The van der Waals surface area contributed by atoms with Crippen LogP contribution in [-0.4, -0.2) is 25.9 Å². The number of rotatable bonds is 4. The zero-order valence-corrected chi connectivity index (χ0v) is 17.7. The summed E-state index contributed by atoms with van der Waals surface area (Å²) in [5, 5.41) is 0. The molecule has 1 aliphatic carbocycles. The SMILES string of the molecule is COc1ccc([C@H]2CC(=O)N(c3ccccc3C(F)(F)F)C3=C2C(=O)CCC3)c(OC)c1. The Morgan fingerprint density at radius 1 is 1.00 bits per heavy atom. The lowest BCUT2D eigenvalue weighted by atomic mass is 9.76. The monoisotopic (exact) mass is 445 g/mol. The molecule has 2 aromatic rings. The maximum Gasteiger partial charge on any atom is 0.418 e. The van der Waals surface area contributed by atoms with E-state index in [1.165, 1.54) is 32.4 Å². The van der Waals surface area contributed by atoms with Crippen LogP contribution < -0.4 is 14.4 Å². The highest BCUT2D eigenvalue weighted by atomic mass is 19.4. The first-order valence-electron chi connectivity index (χ1n) is 10.2. The second kappa shape index (κ2) is 8.33. The minimum Gasteiger partial charge on any atom is -0.497 e. The molecule has 0 fully saturated rings. The second-order valence-electron chi connectivity index (χ2n) is 7.75. The van der Waals surface area contributed by atoms with E-state index in [0.717, 1.165) is 11.0 Å². The normalized spacial score (nSPS) is 19.2. The van der Waals surface area contributed by atoms with Crippen molar-refractivity contribution in [2.24, 2.45) is 0 Å². The summed E-state index contributed by atoms with van der Waals surface area (Å²) >= 11 is 0. The molecule has 2 aromatic carbocycles. The van der Waals surface area contributed by atoms with Gasteiger partial charge in [0.05, 0.1) is 25.5 Å². The minimum atomic E-state index is -4.63. The number of methoxy groups -OCH3 is 2. The number of Topliss-reactive ketones (excluding diaryl/α,β-unsaturated/α-hetero) is 1. The van der Waals surface area contributed by atoms with Crippen molar-refractivity contribution in [2.75, 3.05) is 19.1 Å². The lowest BCUT2D eigenvalue weighted by Crippen LogP contribution is -2.41. The molecule has 1 amide bonds. The lowest BCUT2D eigenvalue weighted by molar-refractivity contribution is -0.137. The van der Waals surface area contributed by atoms with Gasteiger partial charge in [0.2, 0.25) is 5.91 Å². The van der Waals surface area contributed by atoms with Crippen LogP contribution >= 0.6 is 0 Å². The van der Waals surface area contributed by atoms with Crippen molar-refractivity contribution in [2.45, 2.75) is 37.8 Å². The molecular formula is C24H22F3NO4. The van der Waals surface area contributed by atoms with Crippen molar-refractivity contribution in [3.8, 4) is 11.5 Å². The molecule has 2 aliphatic rings. The Morgan fingerprint density at radius 2 is 1.75 bits per heavy atom. The highest BCUT2D eigenvalue weighted by molar-refractivity contribution is 6.08. The Kier molecular flexibility index (Phi) is 5.71. The number of hydrogen-bond donors (Lipinski definition) is 0. The van der Waals surface area contributed by atoms with Crippen LogP contribution in [0.2, 0.25) is 0 Å². The molecule has 0 spiro atoms. The van der Waals surface area contributed by atoms with Gasteiger partial charge in [0, 0.05) is 41.7 Å². The summed E-state index contributed by atoms with van der Waals surface area (Å²) < 4.78 is 51.8. The van der Waals surface area contributed by atoms with Gasteiger partial charge in [-0.05, 0) is 31.0 Å². The van der Waals surface area contributed by atoms with Gasteiger partial charge in [0.1, 0.15) is 11.5 Å². The Bertz CT molecular complexity index is 1110. The first-order valence-corrected chi connectivity index (χ1v) is 10.2. The van der Waals surface area contributed by atoms with Crippen molar-refractivity contribution < 1.29 is 32.2 Å². The highest BCUT2D eigenvalue weighted by Crippen LogP contribution is 2.48. The number of ketones is 1. The fraction of sp³-hybridized carbons (Fsp3) is 0.333. The van der Waals surface area contributed by atoms with Crippen LogP contribution in [0.5, 0.6) is 11.5 Å². The van der Waals surface area contributed by atoms with Gasteiger partial charge in [0.25, 0.3) is 0 Å². The maximum absolute atomic E-state index is 13.7. The zero-order chi connectivity index (χ0) is 23.0. The standard InChI is InChI=1S/C24H22F3NO4/c1-31-14-10-11-15(21(12-14)32-2)16-13-22(30)28(19-8-5-9-20(29)23(16)19)18-7-4-3-6-17(18)24(25,26)27/h3-4,6-7,10-12,16H,5,8-9,13H2,1-2H3/t16-/m1/s1. The predicted molar refractivity (Wildman–Crippen MR) is 112 cm³/mol. The van der Waals surface area contributed by atoms with Crippen molar-refractivity contribution in [1.82, 2.24) is 0 Å². The molecule has 1 atom stereocenters. The molecule has 8 heteroatoms. The van der Waals surface area contributed by atoms with E-state index in [-0.39, 0.29) is 24.3 Å². The van der Waals surface area contributed by atoms with Gasteiger partial charge >= 0.3 is 6.18 Å². The van der Waals surface area contributed by atoms with E-state index in [1.807, 2.05) is 0 Å². The van der Waals surface area contributed by atoms with Gasteiger partial charge in [-0.2, -0.15) is 13.2 Å². The van der Waals surface area contributed by atoms with Crippen molar-refractivity contribution in [1.29, 1.82) is 0 Å². The van der Waals surface area contributed by atoms with Crippen molar-refractivity contribution in [3.63, 3.8) is 0 Å². The van der Waals surface area contributed by atoms with Crippen LogP contribution in [0.3, 0.4) is 0 Å². The fourth-order valence-electron chi connectivity index (χ4n) is 4.55. The third-order valence-corrected chi connectivity index (χ3v) is 5.94. The molecule has 0 radical (unpaired) electrons. The van der Waals surface area contributed by atoms with Crippen LogP contribution in [0.25, 0.3) is 0 Å². The van der Waals surface area contributed by atoms with E-state index >= 15 is 0 Å². The minimum absolute atomic E-state index is 0.139. The molecule has 0 saturated carbocycles. The number of alkyl halides is 3. The highest BCUT2D eigenvalue weighted by Gasteiger charge is 2.43. The number of hydrogen-bond acceptors (Lipinski definition) is 4. The van der Waals surface area contributed by atoms with Crippen molar-refractivity contribution >= 4 is 17.4 Å². The Hall–Kier alpha value is -3.29. The van der Waals surface area contributed by atoms with E-state index in [9.17, 15) is 22.8 Å². The van der Waals surface area contributed by atoms with Crippen LogP contribution in [-0.2, 0) is 15.8 Å². The number of para-hydroxylation sites is 1. The molecule has 168 valence electrons. The molecule has 0 N–H and O–H groups in total. The zero-order valence-electron chi connectivity index (χ0n) is 17.7. The van der Waals surface area contributed by atoms with Gasteiger partial charge in [-0.25, -0.2) is 0 Å². The Labute approximate surface area is 183 Å². The van der Waals surface area contributed by atoms with E-state index < -0.39 is 23.6 Å². The quantitative estimate of drug-likeness (QED) is 0.645. The maximum atomic E-state index is 13.7. The number of allylic oxidation sites excluding steroid dienone is 2. The van der Waals surface area contributed by atoms with Gasteiger partial charge in [0.15, 0.2) is 5.78 Å². The molecule has 32 heavy (non-hydrogen) atoms. The van der Waals surface area contributed by atoms with E-state index in [0.29, 0.717) is 41.2 Å². The average molecular weight is 445 g/mol. The molecule has 1 heterocycles. The van der Waals surface area contributed by atoms with Crippen LogP contribution in [0.15, 0.2) is 53.7 Å². The Morgan fingerprint density at radius 3 is 2.44 bits per heavy atom. The summed E-state index contributed by atoms with van der Waals surface area (Å²) in [4.78, 5) is 27.4. The second-order valence-corrected chi connectivity index (χ2v) is 7.75. The molecule has 5 nitrogen and oxygen atoms in total. The van der Waals surface area contributed by atoms with E-state index in [1.54, 1.807) is 18.2 Å². The van der Waals surface area contributed by atoms with E-state index in [2.05, 4.69) is 0 Å². The third-order valence-electron chi connectivity index (χ3n) is 5.94. The summed E-state index contributed by atoms with van der Waals surface area (Å²) in [7, 11) is 2.99. The molecule has 4 rings (SSSR count). The number of carbonyl (C=O) groups is 2. The summed E-state index contributed by atoms with van der Waals surface area (Å²) in [6, 6.07) is 10.1. The number of ether oxygens (including phenoxy) is 2. The van der Waals surface area contributed by atoms with Gasteiger partial charge in [-0.15, -0.1) is 0 Å². The van der Waals surface area contributed by atoms with Gasteiger partial charge < -0.3 is 9.47 Å². The fourth-order valence-corrected chi connectivity index (χ4v) is 4.55.